The number of nitrogens with zero attached hydrogens (tertiary/aromatic N) is 7. The molecule has 344 valence electrons. The van der Waals surface area contributed by atoms with Crippen molar-refractivity contribution in [2.45, 2.75) is 84.2 Å². The number of alkyl halides is 3. The molecule has 3 aromatic carbocycles. The van der Waals surface area contributed by atoms with Crippen molar-refractivity contribution in [3.05, 3.63) is 145 Å². The minimum absolute atomic E-state index is 0.0172. The number of nitriles is 1. The number of methoxy groups -OCH3 is 2. The lowest BCUT2D eigenvalue weighted by molar-refractivity contribution is -0.141. The van der Waals surface area contributed by atoms with Crippen molar-refractivity contribution in [2.24, 2.45) is 0 Å². The summed E-state index contributed by atoms with van der Waals surface area (Å²) in [6, 6.07) is 26.3. The zero-order valence-corrected chi connectivity index (χ0v) is 39.6. The van der Waals surface area contributed by atoms with Crippen molar-refractivity contribution in [3.8, 4) is 18.0 Å². The zero-order chi connectivity index (χ0) is 47.4. The minimum Gasteiger partial charge on any atom is -0.503 e. The average Bonchev–Trinajstić information content (AvgIpc) is 3.83. The molecule has 65 heavy (non-hydrogen) atoms. The monoisotopic (exact) mass is 1030 g/mol. The van der Waals surface area contributed by atoms with Crippen molar-refractivity contribution in [1.82, 2.24) is 29.3 Å². The molecule has 3 aromatic heterocycles. The Labute approximate surface area is 394 Å². The van der Waals surface area contributed by atoms with Gasteiger partial charge in [0.2, 0.25) is 5.88 Å². The summed E-state index contributed by atoms with van der Waals surface area (Å²) in [5.74, 6) is -0.790. The number of pyridine rings is 1. The molecule has 0 saturated heterocycles. The molecular formula is C47H50ClF3IN7O6. The van der Waals surface area contributed by atoms with Gasteiger partial charge in [-0.05, 0) is 94.9 Å². The van der Waals surface area contributed by atoms with Crippen LogP contribution in [0.5, 0.6) is 11.9 Å². The van der Waals surface area contributed by atoms with Crippen LogP contribution in [0.1, 0.15) is 75.3 Å². The van der Waals surface area contributed by atoms with Crippen LogP contribution >= 0.6 is 34.2 Å². The number of esters is 1. The molecule has 0 amide bonds. The first-order valence-corrected chi connectivity index (χ1v) is 22.1. The normalized spacial score (nSPS) is 12.1. The van der Waals surface area contributed by atoms with E-state index >= 15 is 0 Å². The number of rotatable bonds is 17. The Balaban J connectivity index is 0.000000217. The zero-order valence-electron chi connectivity index (χ0n) is 36.6. The van der Waals surface area contributed by atoms with Gasteiger partial charge in [-0.15, -0.1) is 0 Å². The van der Waals surface area contributed by atoms with Crippen LogP contribution in [0.15, 0.2) is 109 Å². The molecule has 0 N–H and O–H groups in total. The average molecular weight is 1030 g/mol. The number of carbonyl (C=O) groups excluding carboxylic acids is 1. The maximum Gasteiger partial charge on any atom is 0.433 e. The van der Waals surface area contributed by atoms with Crippen molar-refractivity contribution < 1.29 is 36.9 Å². The molecule has 0 radical (unpaired) electrons. The molecule has 0 saturated carbocycles. The summed E-state index contributed by atoms with van der Waals surface area (Å²) in [6.07, 6.45) is 4.41. The van der Waals surface area contributed by atoms with Crippen LogP contribution in [0.25, 0.3) is 16.5 Å². The first-order valence-electron chi connectivity index (χ1n) is 20.6. The third-order valence-electron chi connectivity index (χ3n) is 9.57. The van der Waals surface area contributed by atoms with E-state index in [4.69, 9.17) is 30.5 Å². The van der Waals surface area contributed by atoms with Crippen molar-refractivity contribution >= 4 is 56.6 Å². The van der Waals surface area contributed by atoms with Crippen molar-refractivity contribution in [3.63, 3.8) is 0 Å². The molecular weight excluding hydrogens is 978 g/mol. The van der Waals surface area contributed by atoms with E-state index in [0.29, 0.717) is 52.8 Å². The highest BCUT2D eigenvalue weighted by molar-refractivity contribution is 14.1. The van der Waals surface area contributed by atoms with Crippen LogP contribution in [0.2, 0.25) is 5.02 Å². The van der Waals surface area contributed by atoms with Crippen LogP contribution in [-0.4, -0.2) is 56.1 Å². The summed E-state index contributed by atoms with van der Waals surface area (Å²) < 4.78 is 63.2. The minimum atomic E-state index is -4.56. The van der Waals surface area contributed by atoms with Gasteiger partial charge in [0.1, 0.15) is 35.9 Å². The highest BCUT2D eigenvalue weighted by Gasteiger charge is 2.34. The molecule has 1 atom stereocenters. The highest BCUT2D eigenvalue weighted by Crippen LogP contribution is 2.33. The molecule has 6 aromatic rings. The van der Waals surface area contributed by atoms with E-state index in [1.807, 2.05) is 56.3 Å². The Hall–Kier alpha value is -6.00. The van der Waals surface area contributed by atoms with Gasteiger partial charge in [0.05, 0.1) is 50.6 Å². The van der Waals surface area contributed by atoms with Gasteiger partial charge in [-0.2, -0.15) is 28.5 Å². The maximum atomic E-state index is 12.7. The smallest absolute Gasteiger partial charge is 0.433 e. The third-order valence-corrected chi connectivity index (χ3v) is 10.5. The molecule has 1 unspecified atom stereocenters. The Morgan fingerprint density at radius 2 is 1.69 bits per heavy atom. The van der Waals surface area contributed by atoms with Crippen LogP contribution in [0.3, 0.4) is 0 Å². The number of halogens is 5. The Bertz CT molecular complexity index is 2590. The number of fused-ring (bicyclic) bond motifs is 1. The highest BCUT2D eigenvalue weighted by atomic mass is 127. The summed E-state index contributed by atoms with van der Waals surface area (Å²) in [5, 5.41) is 15.2. The van der Waals surface area contributed by atoms with Crippen molar-refractivity contribution in [2.75, 3.05) is 20.8 Å². The number of ether oxygens (including phenoxy) is 4. The van der Waals surface area contributed by atoms with Crippen molar-refractivity contribution in [1.29, 1.82) is 5.26 Å². The second kappa shape index (κ2) is 25.5. The third kappa shape index (κ3) is 14.8. The maximum absolute atomic E-state index is 12.7. The first kappa shape index (κ1) is 51.6. The Morgan fingerprint density at radius 3 is 2.32 bits per heavy atom. The summed E-state index contributed by atoms with van der Waals surface area (Å²) in [7, 11) is 2.62. The van der Waals surface area contributed by atoms with Gasteiger partial charge in [-0.25, -0.2) is 14.8 Å². The van der Waals surface area contributed by atoms with Gasteiger partial charge in [0.15, 0.2) is 0 Å². The number of benzene rings is 3. The topological polar surface area (TPSA) is 156 Å². The fourth-order valence-corrected chi connectivity index (χ4v) is 6.99. The van der Waals surface area contributed by atoms with Gasteiger partial charge in [0, 0.05) is 21.2 Å². The predicted molar refractivity (Wildman–Crippen MR) is 250 cm³/mol. The van der Waals surface area contributed by atoms with Gasteiger partial charge in [-0.1, -0.05) is 87.7 Å². The van der Waals surface area contributed by atoms with Crippen LogP contribution < -0.4 is 15.0 Å². The SMILES string of the molecule is CCCCC(C#N)(Cn1cncn1)c1ccc(Cl)cc1.CCCOc1nc2ccc(I)cc2c(=O)n1CCC.CO/C=C(/C(=O)OC)c1ccccc1COc1cccc(C(F)(F)F)n1. The van der Waals surface area contributed by atoms with E-state index < -0.39 is 23.3 Å². The number of aromatic nitrogens is 6. The van der Waals surface area contributed by atoms with Crippen LogP contribution in [-0.2, 0) is 45.6 Å². The fourth-order valence-electron chi connectivity index (χ4n) is 6.37. The predicted octanol–water partition coefficient (Wildman–Crippen LogP) is 10.6. The number of unbranched alkanes of at least 4 members (excludes halogenated alkanes) is 1. The van der Waals surface area contributed by atoms with Gasteiger partial charge in [-0.3, -0.25) is 14.0 Å². The largest absolute Gasteiger partial charge is 0.503 e. The van der Waals surface area contributed by atoms with E-state index in [2.05, 4.69) is 55.6 Å². The molecule has 0 spiro atoms. The van der Waals surface area contributed by atoms with E-state index in [1.54, 1.807) is 39.8 Å². The second-order valence-corrected chi connectivity index (χ2v) is 16.0. The molecule has 0 fully saturated rings. The standard InChI is InChI=1S/C18H16F3NO4.C15H17ClN4.C14H17IN2O2/c1-24-11-14(17(23)25-2)13-7-4-3-6-12(13)10-26-16-9-5-8-15(22-16)18(19,20)21;1-2-3-8-15(9-17,10-20-12-18-11-19-20)13-4-6-14(16)7-5-13;1-3-7-17-13(18)11-9-10(15)5-6-12(11)16-14(17)19-8-4-2/h3-9,11H,10H2,1-2H3;4-7,11-12H,2-3,8,10H2,1H3;5-6,9H,3-4,7-8H2,1-2H3/b14-11+;;. The number of carbonyl (C=O) groups is 1. The Morgan fingerprint density at radius 1 is 0.938 bits per heavy atom. The number of hydrogen-bond donors (Lipinski definition) is 0. The second-order valence-electron chi connectivity index (χ2n) is 14.3. The molecule has 3 heterocycles. The van der Waals surface area contributed by atoms with E-state index in [0.717, 1.165) is 47.3 Å². The summed E-state index contributed by atoms with van der Waals surface area (Å²) in [5.41, 5.74) is 1.22. The van der Waals surface area contributed by atoms with Gasteiger partial charge < -0.3 is 18.9 Å². The lowest BCUT2D eigenvalue weighted by atomic mass is 9.77. The lowest BCUT2D eigenvalue weighted by Gasteiger charge is -2.27. The summed E-state index contributed by atoms with van der Waals surface area (Å²) >= 11 is 8.14. The van der Waals surface area contributed by atoms with Gasteiger partial charge in [0.25, 0.3) is 11.6 Å². The lowest BCUT2D eigenvalue weighted by Crippen LogP contribution is -2.30. The van der Waals surface area contributed by atoms with E-state index in [1.165, 1.54) is 38.9 Å². The van der Waals surface area contributed by atoms with Gasteiger partial charge >= 0.3 is 12.1 Å². The van der Waals surface area contributed by atoms with E-state index in [-0.39, 0.29) is 23.6 Å². The quantitative estimate of drug-likeness (QED) is 0.0371. The molecule has 0 aliphatic heterocycles. The molecule has 0 aliphatic rings. The molecule has 13 nitrogen and oxygen atoms in total. The van der Waals surface area contributed by atoms with E-state index in [9.17, 15) is 28.0 Å². The molecule has 18 heteroatoms. The molecule has 0 bridgehead atoms. The summed E-state index contributed by atoms with van der Waals surface area (Å²) in [6.45, 7) is 7.81. The Kier molecular flexibility index (Phi) is 20.2. The summed E-state index contributed by atoms with van der Waals surface area (Å²) in [4.78, 5) is 36.3. The number of hydrogen-bond acceptors (Lipinski definition) is 11. The first-order chi connectivity index (χ1) is 31.2. The molecule has 6 rings (SSSR count). The molecule has 0 aliphatic carbocycles. The van der Waals surface area contributed by atoms with Crippen LogP contribution in [0, 0.1) is 14.9 Å². The fraction of sp³-hybridized carbons (Fsp3) is 0.340. The van der Waals surface area contributed by atoms with Crippen LogP contribution in [0.4, 0.5) is 13.2 Å².